The van der Waals surface area contributed by atoms with E-state index in [0.29, 0.717) is 12.1 Å². The van der Waals surface area contributed by atoms with Crippen molar-refractivity contribution < 1.29 is 4.79 Å². The number of nitrogens with zero attached hydrogens (tertiary/aromatic N) is 3. The molecule has 0 aliphatic rings. The van der Waals surface area contributed by atoms with Gasteiger partial charge in [-0.2, -0.15) is 5.10 Å². The summed E-state index contributed by atoms with van der Waals surface area (Å²) < 4.78 is 1.78. The van der Waals surface area contributed by atoms with Crippen molar-refractivity contribution in [2.45, 2.75) is 6.92 Å². The fourth-order valence-electron chi connectivity index (χ4n) is 2.71. The Kier molecular flexibility index (Phi) is 5.14. The molecule has 0 saturated carbocycles. The molecule has 25 heavy (non-hydrogen) atoms. The van der Waals surface area contributed by atoms with Crippen LogP contribution in [-0.2, 0) is 0 Å². The minimum Gasteiger partial charge on any atom is -0.373 e. The molecule has 0 bridgehead atoms. The molecule has 128 valence electrons. The Hall–Kier alpha value is -3.08. The Morgan fingerprint density at radius 1 is 1.08 bits per heavy atom. The zero-order chi connectivity index (χ0) is 17.6. The van der Waals surface area contributed by atoms with Crippen molar-refractivity contribution in [2.24, 2.45) is 0 Å². The van der Waals surface area contributed by atoms with Crippen molar-refractivity contribution in [1.29, 1.82) is 0 Å². The number of carbonyl (C=O) groups is 1. The van der Waals surface area contributed by atoms with Gasteiger partial charge < -0.3 is 10.2 Å². The molecule has 3 aromatic rings. The number of carbonyl (C=O) groups excluding carboxylic acids is 1. The number of rotatable bonds is 6. The number of amides is 1. The highest BCUT2D eigenvalue weighted by atomic mass is 16.1. The molecule has 5 heteroatoms. The van der Waals surface area contributed by atoms with Crippen molar-refractivity contribution in [1.82, 2.24) is 15.1 Å². The quantitative estimate of drug-likeness (QED) is 0.754. The summed E-state index contributed by atoms with van der Waals surface area (Å²) in [6.07, 6.45) is 1.62. The average molecular weight is 334 g/mol. The van der Waals surface area contributed by atoms with Gasteiger partial charge in [0.25, 0.3) is 5.91 Å². The Labute approximate surface area is 147 Å². The molecule has 0 saturated heterocycles. The van der Waals surface area contributed by atoms with Crippen LogP contribution in [0.3, 0.4) is 0 Å². The third-order valence-electron chi connectivity index (χ3n) is 4.18. The third kappa shape index (κ3) is 3.88. The van der Waals surface area contributed by atoms with Gasteiger partial charge in [0.1, 0.15) is 0 Å². The van der Waals surface area contributed by atoms with Crippen LogP contribution >= 0.6 is 0 Å². The van der Waals surface area contributed by atoms with Crippen LogP contribution < -0.4 is 10.2 Å². The highest BCUT2D eigenvalue weighted by Gasteiger charge is 2.14. The van der Waals surface area contributed by atoms with E-state index < -0.39 is 0 Å². The van der Waals surface area contributed by atoms with Crippen molar-refractivity contribution in [3.05, 3.63) is 78.1 Å². The van der Waals surface area contributed by atoms with Gasteiger partial charge in [0, 0.05) is 25.8 Å². The lowest BCUT2D eigenvalue weighted by Crippen LogP contribution is -2.33. The lowest BCUT2D eigenvalue weighted by atomic mass is 10.2. The smallest absolute Gasteiger partial charge is 0.254 e. The minimum absolute atomic E-state index is 0.0962. The zero-order valence-electron chi connectivity index (χ0n) is 14.5. The lowest BCUT2D eigenvalue weighted by molar-refractivity contribution is 0.0954. The predicted molar refractivity (Wildman–Crippen MR) is 100 cm³/mol. The van der Waals surface area contributed by atoms with E-state index in [2.05, 4.69) is 27.4 Å². The number of para-hydroxylation sites is 2. The average Bonchev–Trinajstić information content (AvgIpc) is 3.04. The molecule has 1 aromatic heterocycles. The first kappa shape index (κ1) is 16.8. The van der Waals surface area contributed by atoms with Gasteiger partial charge in [0.15, 0.2) is 0 Å². The largest absolute Gasteiger partial charge is 0.373 e. The molecule has 5 nitrogen and oxygen atoms in total. The zero-order valence-corrected chi connectivity index (χ0v) is 14.5. The molecule has 1 amide bonds. The van der Waals surface area contributed by atoms with E-state index >= 15 is 0 Å². The van der Waals surface area contributed by atoms with Crippen molar-refractivity contribution in [2.75, 3.05) is 25.0 Å². The number of hydrogen-bond acceptors (Lipinski definition) is 3. The molecule has 2 aromatic carbocycles. The Balaban J connectivity index is 1.60. The summed E-state index contributed by atoms with van der Waals surface area (Å²) in [5.74, 6) is -0.0962. The second-order valence-electron chi connectivity index (χ2n) is 5.90. The first-order valence-corrected chi connectivity index (χ1v) is 8.31. The van der Waals surface area contributed by atoms with Crippen LogP contribution in [0.25, 0.3) is 5.69 Å². The molecular weight excluding hydrogens is 312 g/mol. The summed E-state index contributed by atoms with van der Waals surface area (Å²) in [5, 5.41) is 7.31. The Bertz CT molecular complexity index is 827. The molecule has 3 rings (SSSR count). The fourth-order valence-corrected chi connectivity index (χ4v) is 2.71. The molecule has 0 unspecified atom stereocenters. The maximum Gasteiger partial charge on any atom is 0.254 e. The third-order valence-corrected chi connectivity index (χ3v) is 4.18. The second-order valence-corrected chi connectivity index (χ2v) is 5.90. The van der Waals surface area contributed by atoms with Gasteiger partial charge >= 0.3 is 0 Å². The number of hydrogen-bond donors (Lipinski definition) is 1. The van der Waals surface area contributed by atoms with Crippen molar-refractivity contribution in [3.8, 4) is 5.69 Å². The van der Waals surface area contributed by atoms with Crippen molar-refractivity contribution in [3.63, 3.8) is 0 Å². The highest BCUT2D eigenvalue weighted by molar-refractivity contribution is 5.95. The van der Waals surface area contributed by atoms with E-state index in [-0.39, 0.29) is 5.91 Å². The van der Waals surface area contributed by atoms with Crippen LogP contribution in [0.15, 0.2) is 66.9 Å². The maximum absolute atomic E-state index is 12.4. The molecule has 0 aliphatic carbocycles. The summed E-state index contributed by atoms with van der Waals surface area (Å²) in [4.78, 5) is 14.6. The van der Waals surface area contributed by atoms with Crippen LogP contribution in [0.5, 0.6) is 0 Å². The standard InChI is InChI=1S/C20H22N4O/c1-16-19(15-22-24(16)18-11-7-4-8-12-18)20(25)21-13-14-23(2)17-9-5-3-6-10-17/h3-12,15H,13-14H2,1-2H3,(H,21,25). The lowest BCUT2D eigenvalue weighted by Gasteiger charge is -2.19. The van der Waals surface area contributed by atoms with Gasteiger partial charge in [-0.1, -0.05) is 36.4 Å². The Morgan fingerprint density at radius 3 is 2.40 bits per heavy atom. The monoisotopic (exact) mass is 334 g/mol. The van der Waals surface area contributed by atoms with Crippen molar-refractivity contribution >= 4 is 11.6 Å². The highest BCUT2D eigenvalue weighted by Crippen LogP contribution is 2.14. The number of likely N-dealkylation sites (N-methyl/N-ethyl adjacent to an activating group) is 1. The first-order valence-electron chi connectivity index (χ1n) is 8.31. The number of benzene rings is 2. The maximum atomic E-state index is 12.4. The van der Waals surface area contributed by atoms with Gasteiger partial charge in [-0.05, 0) is 31.2 Å². The van der Waals surface area contributed by atoms with E-state index in [1.807, 2.05) is 62.5 Å². The number of nitrogens with one attached hydrogen (secondary N) is 1. The summed E-state index contributed by atoms with van der Waals surface area (Å²) in [7, 11) is 2.01. The first-order chi connectivity index (χ1) is 12.2. The molecule has 0 atom stereocenters. The molecule has 0 aliphatic heterocycles. The Morgan fingerprint density at radius 2 is 1.72 bits per heavy atom. The number of anilines is 1. The molecular formula is C20H22N4O. The topological polar surface area (TPSA) is 50.2 Å². The fraction of sp³-hybridized carbons (Fsp3) is 0.200. The van der Waals surface area contributed by atoms with Gasteiger partial charge in [0.05, 0.1) is 23.1 Å². The van der Waals surface area contributed by atoms with Gasteiger partial charge in [-0.3, -0.25) is 4.79 Å². The summed E-state index contributed by atoms with van der Waals surface area (Å²) in [5.41, 5.74) is 3.51. The predicted octanol–water partition coefficient (Wildman–Crippen LogP) is 3.05. The SMILES string of the molecule is Cc1c(C(=O)NCCN(C)c2ccccc2)cnn1-c1ccccc1. The summed E-state index contributed by atoms with van der Waals surface area (Å²) in [6, 6.07) is 19.9. The summed E-state index contributed by atoms with van der Waals surface area (Å²) in [6.45, 7) is 3.22. The van der Waals surface area contributed by atoms with E-state index in [9.17, 15) is 4.79 Å². The van der Waals surface area contributed by atoms with Gasteiger partial charge in [-0.25, -0.2) is 4.68 Å². The van der Waals surface area contributed by atoms with Crippen LogP contribution in [0.1, 0.15) is 16.1 Å². The van der Waals surface area contributed by atoms with Crippen LogP contribution in [0.2, 0.25) is 0 Å². The second kappa shape index (κ2) is 7.66. The molecule has 1 N–H and O–H groups in total. The number of aromatic nitrogens is 2. The normalized spacial score (nSPS) is 10.5. The van der Waals surface area contributed by atoms with Gasteiger partial charge in [0.2, 0.25) is 0 Å². The summed E-state index contributed by atoms with van der Waals surface area (Å²) >= 11 is 0. The van der Waals surface area contributed by atoms with Gasteiger partial charge in [-0.15, -0.1) is 0 Å². The molecule has 0 fully saturated rings. The minimum atomic E-state index is -0.0962. The van der Waals surface area contributed by atoms with E-state index in [0.717, 1.165) is 23.6 Å². The van der Waals surface area contributed by atoms with Crippen LogP contribution in [0, 0.1) is 6.92 Å². The molecule has 1 heterocycles. The van der Waals surface area contributed by atoms with E-state index in [1.165, 1.54) is 0 Å². The van der Waals surface area contributed by atoms with E-state index in [1.54, 1.807) is 10.9 Å². The van der Waals surface area contributed by atoms with Crippen LogP contribution in [0.4, 0.5) is 5.69 Å². The van der Waals surface area contributed by atoms with E-state index in [4.69, 9.17) is 0 Å². The van der Waals surface area contributed by atoms with Crippen LogP contribution in [-0.4, -0.2) is 35.8 Å². The molecule has 0 radical (unpaired) electrons. The molecule has 0 spiro atoms.